The van der Waals surface area contributed by atoms with Crippen LogP contribution in [-0.2, 0) is 10.8 Å². The predicted octanol–water partition coefficient (Wildman–Crippen LogP) is 19.6. The predicted molar refractivity (Wildman–Crippen MR) is 312 cm³/mol. The summed E-state index contributed by atoms with van der Waals surface area (Å²) in [7, 11) is 0. The van der Waals surface area contributed by atoms with Gasteiger partial charge in [-0.05, 0) is 176 Å². The van der Waals surface area contributed by atoms with Gasteiger partial charge in [0.05, 0.1) is 5.41 Å². The monoisotopic (exact) mass is 967 g/mol. The van der Waals surface area contributed by atoms with Gasteiger partial charge >= 0.3 is 0 Å². The van der Waals surface area contributed by atoms with Gasteiger partial charge in [0, 0.05) is 42.6 Å². The van der Waals surface area contributed by atoms with E-state index in [0.717, 1.165) is 11.4 Å². The lowest BCUT2D eigenvalue weighted by atomic mass is 9.41. The Kier molecular flexibility index (Phi) is 9.99. The molecule has 0 N–H and O–H groups in total. The van der Waals surface area contributed by atoms with Crippen molar-refractivity contribution in [3.8, 4) is 44.5 Å². The third-order valence-corrected chi connectivity index (χ3v) is 19.3. The Morgan fingerprint density at radius 1 is 0.351 bits per heavy atom. The van der Waals surface area contributed by atoms with Crippen molar-refractivity contribution in [2.45, 2.75) is 50.4 Å². The van der Waals surface area contributed by atoms with Crippen LogP contribution >= 0.6 is 11.3 Å². The standard InChI is InChI=1S/C72H57NS/c1-46-40-51-42-47(2)43-52(41-46)71(51)64-30-13-14-31-65(64)72(62-28-11-8-24-58(62)59-25-9-12-29-63(59)72)66-39-38-55(45-67(66)71)73(54-21-16-20-50(44-54)48-18-4-3-5-19-48)53-36-34-49(35-37-53)56-22-6-7-23-57(56)60-27-17-33-69-70(60)61-26-10-15-32-68(61)74-69/h3-39,44-47,51-52H,40-43H2,1-2H3. The highest BCUT2D eigenvalue weighted by Gasteiger charge is 2.62. The van der Waals surface area contributed by atoms with Gasteiger partial charge in [-0.15, -0.1) is 11.3 Å². The van der Waals surface area contributed by atoms with Crippen molar-refractivity contribution in [2.24, 2.45) is 23.7 Å². The summed E-state index contributed by atoms with van der Waals surface area (Å²) in [6.07, 6.45) is 5.01. The second-order valence-corrected chi connectivity index (χ2v) is 23.2. The Hall–Kier alpha value is -7.78. The van der Waals surface area contributed by atoms with Crippen LogP contribution in [0.3, 0.4) is 0 Å². The summed E-state index contributed by atoms with van der Waals surface area (Å²) in [5.74, 6) is 2.46. The highest BCUT2D eigenvalue weighted by Crippen LogP contribution is 2.69. The summed E-state index contributed by atoms with van der Waals surface area (Å²) < 4.78 is 2.65. The molecular weight excluding hydrogens is 911 g/mol. The molecule has 1 nitrogen and oxygen atoms in total. The molecule has 1 aromatic heterocycles. The molecule has 74 heavy (non-hydrogen) atoms. The van der Waals surface area contributed by atoms with Crippen LogP contribution in [0.4, 0.5) is 17.1 Å². The average Bonchev–Trinajstić information content (AvgIpc) is 4.16. The molecule has 2 fully saturated rings. The molecule has 2 bridgehead atoms. The van der Waals surface area contributed by atoms with Crippen LogP contribution in [0.2, 0.25) is 0 Å². The Labute approximate surface area is 439 Å². The molecule has 11 aromatic rings. The van der Waals surface area contributed by atoms with Gasteiger partial charge in [0.15, 0.2) is 0 Å². The summed E-state index contributed by atoms with van der Waals surface area (Å²) in [6.45, 7) is 5.07. The van der Waals surface area contributed by atoms with E-state index in [9.17, 15) is 0 Å². The van der Waals surface area contributed by atoms with Crippen molar-refractivity contribution in [2.75, 3.05) is 4.90 Å². The van der Waals surface area contributed by atoms with E-state index >= 15 is 0 Å². The molecule has 15 rings (SSSR count). The maximum absolute atomic E-state index is 2.70. The highest BCUT2D eigenvalue weighted by molar-refractivity contribution is 7.25. The lowest BCUT2D eigenvalue weighted by Crippen LogP contribution is -2.56. The summed E-state index contributed by atoms with van der Waals surface area (Å²) in [5, 5.41) is 2.66. The maximum Gasteiger partial charge on any atom is 0.0719 e. The van der Waals surface area contributed by atoms with E-state index in [1.807, 2.05) is 11.3 Å². The fraction of sp³-hybridized carbons (Fsp3) is 0.167. The number of benzene rings is 10. The summed E-state index contributed by atoms with van der Waals surface area (Å²) >= 11 is 1.88. The van der Waals surface area contributed by atoms with Crippen molar-refractivity contribution < 1.29 is 0 Å². The van der Waals surface area contributed by atoms with E-state index in [4.69, 9.17) is 0 Å². The van der Waals surface area contributed by atoms with E-state index in [0.29, 0.717) is 23.7 Å². The normalized spacial score (nSPS) is 20.8. The Bertz CT molecular complexity index is 3910. The van der Waals surface area contributed by atoms with Crippen molar-refractivity contribution in [1.82, 2.24) is 0 Å². The zero-order chi connectivity index (χ0) is 49.1. The van der Waals surface area contributed by atoms with Crippen molar-refractivity contribution in [3.63, 3.8) is 0 Å². The van der Waals surface area contributed by atoms with Crippen molar-refractivity contribution in [1.29, 1.82) is 0 Å². The largest absolute Gasteiger partial charge is 0.310 e. The molecule has 1 heterocycles. The molecule has 356 valence electrons. The SMILES string of the molecule is CC1CC2CC(C)CC(C1)C21c2ccccc2C2(c3ccccc3-c3ccccc32)c2ccc(N(c3ccc(-c4ccccc4-c4cccc5sc6ccccc6c45)cc3)c3cccc(-c4ccccc4)c3)cc21. The van der Waals surface area contributed by atoms with Gasteiger partial charge in [0.1, 0.15) is 0 Å². The third kappa shape index (κ3) is 6.28. The third-order valence-electron chi connectivity index (χ3n) is 18.1. The van der Waals surface area contributed by atoms with E-state index in [2.05, 4.69) is 255 Å². The van der Waals surface area contributed by atoms with Gasteiger partial charge in [0.2, 0.25) is 0 Å². The van der Waals surface area contributed by atoms with E-state index in [1.54, 1.807) is 11.1 Å². The first kappa shape index (κ1) is 43.8. The molecule has 0 amide bonds. The van der Waals surface area contributed by atoms with Crippen LogP contribution in [0.25, 0.3) is 64.7 Å². The Morgan fingerprint density at radius 2 is 0.865 bits per heavy atom. The molecule has 0 unspecified atom stereocenters. The van der Waals surface area contributed by atoms with Crippen molar-refractivity contribution >= 4 is 48.6 Å². The fourth-order valence-electron chi connectivity index (χ4n) is 15.6. The number of anilines is 3. The average molecular weight is 968 g/mol. The van der Waals surface area contributed by atoms with Crippen LogP contribution in [0.5, 0.6) is 0 Å². The topological polar surface area (TPSA) is 3.24 Å². The fourth-order valence-corrected chi connectivity index (χ4v) is 16.7. The lowest BCUT2D eigenvalue weighted by Gasteiger charge is -2.61. The first-order chi connectivity index (χ1) is 36.5. The lowest BCUT2D eigenvalue weighted by molar-refractivity contribution is 0.0238. The summed E-state index contributed by atoms with van der Waals surface area (Å²) in [4.78, 5) is 2.56. The molecule has 2 saturated carbocycles. The molecule has 4 aliphatic rings. The van der Waals surface area contributed by atoms with Gasteiger partial charge in [-0.3, -0.25) is 0 Å². The zero-order valence-corrected chi connectivity index (χ0v) is 42.8. The van der Waals surface area contributed by atoms with E-state index in [-0.39, 0.29) is 5.41 Å². The first-order valence-electron chi connectivity index (χ1n) is 27.0. The van der Waals surface area contributed by atoms with Gasteiger partial charge < -0.3 is 4.90 Å². The number of hydrogen-bond acceptors (Lipinski definition) is 2. The minimum atomic E-state index is -0.446. The first-order valence-corrected chi connectivity index (χ1v) is 27.8. The summed E-state index contributed by atoms with van der Waals surface area (Å²) in [5.41, 5.74) is 21.9. The maximum atomic E-state index is 2.70. The minimum Gasteiger partial charge on any atom is -0.310 e. The quantitative estimate of drug-likeness (QED) is 0.160. The second-order valence-electron chi connectivity index (χ2n) is 22.2. The molecule has 2 heteroatoms. The zero-order valence-electron chi connectivity index (χ0n) is 42.0. The smallest absolute Gasteiger partial charge is 0.0719 e. The Balaban J connectivity index is 0.960. The van der Waals surface area contributed by atoms with Crippen molar-refractivity contribution in [3.05, 3.63) is 270 Å². The number of nitrogens with zero attached hydrogens (tertiary/aromatic N) is 1. The molecule has 0 aliphatic heterocycles. The highest BCUT2D eigenvalue weighted by atomic mass is 32.1. The van der Waals surface area contributed by atoms with E-state index in [1.165, 1.54) is 118 Å². The molecule has 0 atom stereocenters. The minimum absolute atomic E-state index is 0.125. The van der Waals surface area contributed by atoms with Crippen LogP contribution < -0.4 is 4.90 Å². The molecule has 10 aromatic carbocycles. The molecule has 0 radical (unpaired) electrons. The van der Waals surface area contributed by atoms with Crippen LogP contribution in [0.15, 0.2) is 237 Å². The summed E-state index contributed by atoms with van der Waals surface area (Å²) in [6, 6.07) is 90.4. The number of fused-ring (bicyclic) bond motifs is 12. The van der Waals surface area contributed by atoms with Crippen LogP contribution in [-0.4, -0.2) is 0 Å². The number of thiophene rings is 1. The van der Waals surface area contributed by atoms with E-state index < -0.39 is 5.41 Å². The number of hydrogen-bond donors (Lipinski definition) is 0. The Morgan fingerprint density at radius 3 is 1.58 bits per heavy atom. The number of rotatable bonds is 6. The van der Waals surface area contributed by atoms with Crippen LogP contribution in [0, 0.1) is 23.7 Å². The van der Waals surface area contributed by atoms with Gasteiger partial charge in [-0.1, -0.05) is 202 Å². The molecule has 2 spiro atoms. The molecular formula is C72H57NS. The van der Waals surface area contributed by atoms with Crippen LogP contribution in [0.1, 0.15) is 72.9 Å². The van der Waals surface area contributed by atoms with Gasteiger partial charge in [-0.2, -0.15) is 0 Å². The molecule has 0 saturated heterocycles. The van der Waals surface area contributed by atoms with Gasteiger partial charge in [0.25, 0.3) is 0 Å². The second kappa shape index (κ2) is 16.9. The molecule has 4 aliphatic carbocycles. The van der Waals surface area contributed by atoms with Gasteiger partial charge in [-0.25, -0.2) is 0 Å².